The molecule has 1 fully saturated rings. The number of carboxylic acids is 1. The van der Waals surface area contributed by atoms with Crippen LogP contribution in [0.4, 0.5) is 0 Å². The van der Waals surface area contributed by atoms with Gasteiger partial charge >= 0.3 is 5.97 Å². The van der Waals surface area contributed by atoms with E-state index < -0.39 is 60.5 Å². The lowest BCUT2D eigenvalue weighted by atomic mass is 10.0. The van der Waals surface area contributed by atoms with Crippen molar-refractivity contribution >= 4 is 35.6 Å². The number of carboxylic acid groups (broad SMARTS) is 1. The van der Waals surface area contributed by atoms with Crippen LogP contribution in [-0.4, -0.2) is 101 Å². The molecule has 5 atom stereocenters. The van der Waals surface area contributed by atoms with Crippen molar-refractivity contribution in [2.75, 3.05) is 19.7 Å². The maximum atomic E-state index is 13.0. The average Bonchev–Trinajstić information content (AvgIpc) is 3.36. The van der Waals surface area contributed by atoms with E-state index in [0.717, 1.165) is 0 Å². The van der Waals surface area contributed by atoms with Gasteiger partial charge in [-0.2, -0.15) is 0 Å². The van der Waals surface area contributed by atoms with Gasteiger partial charge in [-0.1, -0.05) is 27.7 Å². The Kier molecular flexibility index (Phi) is 14.3. The number of aliphatic imine (C=N–C) groups is 1. The lowest BCUT2D eigenvalue weighted by molar-refractivity contribution is -0.142. The van der Waals surface area contributed by atoms with Gasteiger partial charge in [-0.05, 0) is 43.9 Å². The molecule has 0 aromatic rings. The quantitative estimate of drug-likeness (QED) is 0.0554. The lowest BCUT2D eigenvalue weighted by Crippen LogP contribution is -2.59. The normalized spacial score (nSPS) is 18.0. The summed E-state index contributed by atoms with van der Waals surface area (Å²) in [6.07, 6.45) is 1.46. The van der Waals surface area contributed by atoms with Crippen LogP contribution in [0.5, 0.6) is 0 Å². The predicted octanol–water partition coefficient (Wildman–Crippen LogP) is -2.41. The molecular weight excluding hydrogens is 524 g/mol. The van der Waals surface area contributed by atoms with E-state index in [1.807, 2.05) is 13.8 Å². The Morgan fingerprint density at radius 2 is 1.57 bits per heavy atom. The molecule has 1 aliphatic rings. The minimum Gasteiger partial charge on any atom is -0.480 e. The lowest BCUT2D eigenvalue weighted by Gasteiger charge is -2.29. The van der Waals surface area contributed by atoms with Crippen LogP contribution < -0.4 is 33.2 Å². The van der Waals surface area contributed by atoms with Gasteiger partial charge in [0.2, 0.25) is 23.6 Å². The highest BCUT2D eigenvalue weighted by atomic mass is 16.4. The van der Waals surface area contributed by atoms with Gasteiger partial charge in [0.15, 0.2) is 5.96 Å². The zero-order chi connectivity index (χ0) is 30.6. The number of hydrogen-bond acceptors (Lipinski definition) is 8. The topological polar surface area (TPSA) is 256 Å². The largest absolute Gasteiger partial charge is 0.480 e. The van der Waals surface area contributed by atoms with Gasteiger partial charge in [0.05, 0.1) is 12.6 Å². The van der Waals surface area contributed by atoms with Crippen LogP contribution in [0, 0.1) is 11.8 Å². The zero-order valence-electron chi connectivity index (χ0n) is 23.8. The number of nitrogens with one attached hydrogen (secondary N) is 3. The van der Waals surface area contributed by atoms with Crippen LogP contribution in [0.2, 0.25) is 0 Å². The molecule has 0 radical (unpaired) electrons. The fourth-order valence-corrected chi connectivity index (χ4v) is 4.25. The van der Waals surface area contributed by atoms with Gasteiger partial charge in [-0.25, -0.2) is 4.79 Å². The van der Waals surface area contributed by atoms with E-state index in [-0.39, 0.29) is 49.5 Å². The van der Waals surface area contributed by atoms with Crippen molar-refractivity contribution in [3.8, 4) is 0 Å². The fraction of sp³-hybridized carbons (Fsp3) is 0.760. The number of hydrogen-bond donors (Lipinski definition) is 8. The summed E-state index contributed by atoms with van der Waals surface area (Å²) in [5, 5.41) is 26.8. The maximum Gasteiger partial charge on any atom is 0.326 e. The number of aliphatic hydroxyl groups excluding tert-OH is 1. The molecule has 1 heterocycles. The second-order valence-electron chi connectivity index (χ2n) is 10.7. The molecule has 15 nitrogen and oxygen atoms in total. The van der Waals surface area contributed by atoms with Crippen LogP contribution in [0.1, 0.15) is 59.8 Å². The van der Waals surface area contributed by atoms with Gasteiger partial charge < -0.3 is 48.3 Å². The summed E-state index contributed by atoms with van der Waals surface area (Å²) in [7, 11) is 0. The highest BCUT2D eigenvalue weighted by Crippen LogP contribution is 2.20. The minimum absolute atomic E-state index is 0.0482. The molecule has 0 bridgehead atoms. The number of carbonyl (C=O) groups is 5. The summed E-state index contributed by atoms with van der Waals surface area (Å²) in [6, 6.07) is -5.40. The van der Waals surface area contributed by atoms with E-state index in [1.54, 1.807) is 13.8 Å². The standard InChI is InChI=1S/C25H46N8O7/c1-13(2)11-16(20(35)30-15(24(39)40)7-5-9-29-25(27)28)31-21(36)17(12-34)32-22(37)18-8-6-10-33(18)23(38)19(26)14(3)4/h13-19,34H,5-12,26H2,1-4H3,(H,30,35)(H,31,36)(H,32,37)(H,39,40)(H4,27,28,29)/t15-,16-,17-,18-,19-/m0/s1. The number of nitrogens with zero attached hydrogens (tertiary/aromatic N) is 2. The molecule has 0 saturated carbocycles. The molecule has 11 N–H and O–H groups in total. The highest BCUT2D eigenvalue weighted by molar-refractivity contribution is 5.95. The first kappa shape index (κ1) is 34.6. The minimum atomic E-state index is -1.40. The summed E-state index contributed by atoms with van der Waals surface area (Å²) >= 11 is 0. The van der Waals surface area contributed by atoms with Gasteiger partial charge in [-0.3, -0.25) is 24.2 Å². The summed E-state index contributed by atoms with van der Waals surface area (Å²) in [4.78, 5) is 68.6. The van der Waals surface area contributed by atoms with Crippen molar-refractivity contribution in [2.45, 2.75) is 90.0 Å². The number of aliphatic carboxylic acids is 1. The van der Waals surface area contributed by atoms with E-state index in [0.29, 0.717) is 19.4 Å². The highest BCUT2D eigenvalue weighted by Gasteiger charge is 2.38. The van der Waals surface area contributed by atoms with Crippen LogP contribution in [-0.2, 0) is 24.0 Å². The third-order valence-corrected chi connectivity index (χ3v) is 6.56. The Bertz CT molecular complexity index is 923. The van der Waals surface area contributed by atoms with Crippen molar-refractivity contribution in [3.05, 3.63) is 0 Å². The maximum absolute atomic E-state index is 13.0. The Balaban J connectivity index is 2.90. The molecule has 4 amide bonds. The molecule has 0 aromatic carbocycles. The van der Waals surface area contributed by atoms with Crippen LogP contribution >= 0.6 is 0 Å². The monoisotopic (exact) mass is 570 g/mol. The molecule has 15 heteroatoms. The number of aliphatic hydroxyl groups is 1. The van der Waals surface area contributed by atoms with Gasteiger partial charge in [-0.15, -0.1) is 0 Å². The number of likely N-dealkylation sites (tertiary alicyclic amines) is 1. The van der Waals surface area contributed by atoms with Gasteiger partial charge in [0.25, 0.3) is 0 Å². The molecule has 0 aliphatic carbocycles. The van der Waals surface area contributed by atoms with Crippen molar-refractivity contribution in [2.24, 2.45) is 34.0 Å². The van der Waals surface area contributed by atoms with E-state index in [2.05, 4.69) is 20.9 Å². The smallest absolute Gasteiger partial charge is 0.326 e. The Morgan fingerprint density at radius 3 is 2.10 bits per heavy atom. The van der Waals surface area contributed by atoms with Crippen molar-refractivity contribution in [3.63, 3.8) is 0 Å². The molecule has 0 aromatic heterocycles. The van der Waals surface area contributed by atoms with Crippen LogP contribution in [0.25, 0.3) is 0 Å². The zero-order valence-corrected chi connectivity index (χ0v) is 23.8. The van der Waals surface area contributed by atoms with Crippen LogP contribution in [0.15, 0.2) is 4.99 Å². The Morgan fingerprint density at radius 1 is 0.975 bits per heavy atom. The fourth-order valence-electron chi connectivity index (χ4n) is 4.25. The Labute approximate surface area is 234 Å². The second-order valence-corrected chi connectivity index (χ2v) is 10.7. The number of guanidine groups is 1. The molecule has 1 aliphatic heterocycles. The number of carbonyl (C=O) groups excluding carboxylic acids is 4. The molecule has 0 unspecified atom stereocenters. The Hall–Kier alpha value is -3.46. The molecular formula is C25H46N8O7. The molecule has 228 valence electrons. The molecule has 1 rings (SSSR count). The van der Waals surface area contributed by atoms with E-state index in [9.17, 15) is 34.2 Å². The average molecular weight is 571 g/mol. The number of amides is 4. The van der Waals surface area contributed by atoms with E-state index >= 15 is 0 Å². The summed E-state index contributed by atoms with van der Waals surface area (Å²) in [6.45, 7) is 7.00. The second kappa shape index (κ2) is 16.6. The number of nitrogens with two attached hydrogens (primary N) is 3. The molecule has 0 spiro atoms. The molecule has 40 heavy (non-hydrogen) atoms. The number of rotatable bonds is 16. The molecule has 1 saturated heterocycles. The first-order chi connectivity index (χ1) is 18.7. The van der Waals surface area contributed by atoms with Gasteiger partial charge in [0, 0.05) is 13.1 Å². The summed E-state index contributed by atoms with van der Waals surface area (Å²) in [5.41, 5.74) is 16.5. The third kappa shape index (κ3) is 11.0. The van der Waals surface area contributed by atoms with Crippen molar-refractivity contribution in [1.82, 2.24) is 20.9 Å². The van der Waals surface area contributed by atoms with Gasteiger partial charge in [0.1, 0.15) is 24.2 Å². The van der Waals surface area contributed by atoms with E-state index in [4.69, 9.17) is 17.2 Å². The van der Waals surface area contributed by atoms with Crippen molar-refractivity contribution in [1.29, 1.82) is 0 Å². The van der Waals surface area contributed by atoms with E-state index in [1.165, 1.54) is 4.90 Å². The summed E-state index contributed by atoms with van der Waals surface area (Å²) in [5.74, 6) is -4.12. The summed E-state index contributed by atoms with van der Waals surface area (Å²) < 4.78 is 0. The third-order valence-electron chi connectivity index (χ3n) is 6.56. The predicted molar refractivity (Wildman–Crippen MR) is 147 cm³/mol. The van der Waals surface area contributed by atoms with Crippen molar-refractivity contribution < 1.29 is 34.2 Å². The first-order valence-corrected chi connectivity index (χ1v) is 13.6. The SMILES string of the molecule is CC(C)C[C@H](NC(=O)[C@H](CO)NC(=O)[C@@H]1CCCN1C(=O)[C@@H](N)C(C)C)C(=O)N[C@@H](CCCN=C(N)N)C(=O)O. The van der Waals surface area contributed by atoms with Crippen LogP contribution in [0.3, 0.4) is 0 Å². The first-order valence-electron chi connectivity index (χ1n) is 13.6.